The predicted octanol–water partition coefficient (Wildman–Crippen LogP) is 2.44. The van der Waals surface area contributed by atoms with Crippen molar-refractivity contribution in [3.8, 4) is 17.1 Å². The Morgan fingerprint density at radius 3 is 2.96 bits per heavy atom. The Balaban J connectivity index is 1.35. The number of ether oxygens (including phenoxy) is 2. The summed E-state index contributed by atoms with van der Waals surface area (Å²) in [5.41, 5.74) is 3.44. The van der Waals surface area contributed by atoms with Crippen molar-refractivity contribution in [2.24, 2.45) is 0 Å². The first kappa shape index (κ1) is 17.3. The molecule has 7 nitrogen and oxygen atoms in total. The largest absolute Gasteiger partial charge is 0.481 e. The molecule has 144 valence electrons. The third-order valence-electron chi connectivity index (χ3n) is 5.36. The predicted molar refractivity (Wildman–Crippen MR) is 99.1 cm³/mol. The van der Waals surface area contributed by atoms with Gasteiger partial charge in [-0.15, -0.1) is 5.10 Å². The molecule has 3 aromatic rings. The lowest BCUT2D eigenvalue weighted by atomic mass is 10.1. The maximum atomic E-state index is 13.6. The highest BCUT2D eigenvalue weighted by Gasteiger charge is 2.40. The third kappa shape index (κ3) is 3.04. The van der Waals surface area contributed by atoms with E-state index >= 15 is 0 Å². The molecule has 0 radical (unpaired) electrons. The van der Waals surface area contributed by atoms with Gasteiger partial charge < -0.3 is 9.47 Å². The van der Waals surface area contributed by atoms with E-state index < -0.39 is 0 Å². The number of halogens is 1. The minimum atomic E-state index is -0.283. The van der Waals surface area contributed by atoms with Crippen LogP contribution in [0.4, 0.5) is 4.39 Å². The lowest BCUT2D eigenvalue weighted by Crippen LogP contribution is -2.32. The highest BCUT2D eigenvalue weighted by molar-refractivity contribution is 5.61. The molecule has 1 aromatic carbocycles. The smallest absolute Gasteiger partial charge is 0.212 e. The van der Waals surface area contributed by atoms with Crippen LogP contribution in [0.1, 0.15) is 17.3 Å². The van der Waals surface area contributed by atoms with Crippen LogP contribution in [0.15, 0.2) is 42.6 Å². The molecule has 2 aliphatic heterocycles. The Morgan fingerprint density at radius 1 is 1.25 bits per heavy atom. The van der Waals surface area contributed by atoms with E-state index in [9.17, 15) is 4.39 Å². The quantitative estimate of drug-likeness (QED) is 0.692. The van der Waals surface area contributed by atoms with Crippen molar-refractivity contribution in [2.75, 3.05) is 20.2 Å². The Hall–Kier alpha value is -2.84. The van der Waals surface area contributed by atoms with Gasteiger partial charge in [0.25, 0.3) is 0 Å². The van der Waals surface area contributed by atoms with Crippen molar-refractivity contribution >= 4 is 0 Å². The average Bonchev–Trinajstić information content (AvgIpc) is 3.32. The van der Waals surface area contributed by atoms with Crippen LogP contribution in [0.3, 0.4) is 0 Å². The zero-order chi connectivity index (χ0) is 19.1. The Labute approximate surface area is 161 Å². The van der Waals surface area contributed by atoms with Crippen LogP contribution < -0.4 is 4.74 Å². The van der Waals surface area contributed by atoms with Gasteiger partial charge in [0.1, 0.15) is 11.5 Å². The number of hydrogen-bond donors (Lipinski definition) is 0. The fourth-order valence-electron chi connectivity index (χ4n) is 4.00. The van der Waals surface area contributed by atoms with Crippen LogP contribution in [0.2, 0.25) is 0 Å². The molecule has 8 heteroatoms. The number of fused-ring (bicyclic) bond motifs is 3. The molecule has 28 heavy (non-hydrogen) atoms. The van der Waals surface area contributed by atoms with E-state index in [-0.39, 0.29) is 18.0 Å². The molecule has 0 aliphatic carbocycles. The summed E-state index contributed by atoms with van der Waals surface area (Å²) >= 11 is 0. The highest BCUT2D eigenvalue weighted by Crippen LogP contribution is 2.34. The molecule has 0 bridgehead atoms. The van der Waals surface area contributed by atoms with Crippen LogP contribution in [0, 0.1) is 5.82 Å². The lowest BCUT2D eigenvalue weighted by molar-refractivity contribution is -0.00494. The fourth-order valence-corrected chi connectivity index (χ4v) is 4.00. The molecular weight excluding hydrogens is 361 g/mol. The van der Waals surface area contributed by atoms with E-state index in [2.05, 4.69) is 20.2 Å². The van der Waals surface area contributed by atoms with Gasteiger partial charge in [0, 0.05) is 37.5 Å². The molecule has 0 N–H and O–H groups in total. The molecule has 1 saturated heterocycles. The van der Waals surface area contributed by atoms with Crippen molar-refractivity contribution in [2.45, 2.75) is 25.3 Å². The van der Waals surface area contributed by atoms with E-state index in [1.54, 1.807) is 13.2 Å². The van der Waals surface area contributed by atoms with Gasteiger partial charge in [-0.3, -0.25) is 4.90 Å². The van der Waals surface area contributed by atoms with Gasteiger partial charge in [0.2, 0.25) is 5.88 Å². The maximum Gasteiger partial charge on any atom is 0.212 e. The lowest BCUT2D eigenvalue weighted by Gasteiger charge is -2.26. The molecule has 0 unspecified atom stereocenters. The third-order valence-corrected chi connectivity index (χ3v) is 5.36. The SMILES string of the molecule is COc1ccc(CN2C[C@@H]3[C@@H](C2)OCc2c(-c4cccc(F)c4)nnn23)cn1. The standard InChI is InChI=1S/C20H20FN5O2/c1-27-19-6-5-13(8-22-19)9-25-10-16-18(11-25)28-12-17-20(23-24-26(16)17)14-3-2-4-15(21)7-14/h2-8,16,18H,9-12H2,1H3/t16-,18-/m1/s1. The number of rotatable bonds is 4. The van der Waals surface area contributed by atoms with E-state index in [4.69, 9.17) is 9.47 Å². The molecule has 0 saturated carbocycles. The zero-order valence-corrected chi connectivity index (χ0v) is 15.5. The van der Waals surface area contributed by atoms with Crippen molar-refractivity contribution in [1.82, 2.24) is 24.9 Å². The summed E-state index contributed by atoms with van der Waals surface area (Å²) < 4.78 is 26.8. The molecule has 4 heterocycles. The van der Waals surface area contributed by atoms with Crippen molar-refractivity contribution in [1.29, 1.82) is 0 Å². The van der Waals surface area contributed by atoms with E-state index in [0.29, 0.717) is 18.2 Å². The second-order valence-electron chi connectivity index (χ2n) is 7.16. The van der Waals surface area contributed by atoms with E-state index in [0.717, 1.165) is 36.5 Å². The number of hydrogen-bond acceptors (Lipinski definition) is 6. The summed E-state index contributed by atoms with van der Waals surface area (Å²) in [7, 11) is 1.61. The minimum Gasteiger partial charge on any atom is -0.481 e. The second-order valence-corrected chi connectivity index (χ2v) is 7.16. The number of nitrogens with zero attached hydrogens (tertiary/aromatic N) is 5. The highest BCUT2D eigenvalue weighted by atomic mass is 19.1. The van der Waals surface area contributed by atoms with Gasteiger partial charge in [-0.1, -0.05) is 23.4 Å². The fraction of sp³-hybridized carbons (Fsp3) is 0.350. The normalized spacial score (nSPS) is 21.4. The van der Waals surface area contributed by atoms with E-state index in [1.165, 1.54) is 12.1 Å². The van der Waals surface area contributed by atoms with Gasteiger partial charge in [-0.25, -0.2) is 14.1 Å². The van der Waals surface area contributed by atoms with Crippen LogP contribution in [-0.2, 0) is 17.9 Å². The monoisotopic (exact) mass is 381 g/mol. The summed E-state index contributed by atoms with van der Waals surface area (Å²) in [5.74, 6) is 0.327. The number of benzene rings is 1. The van der Waals surface area contributed by atoms with Crippen LogP contribution in [-0.4, -0.2) is 51.2 Å². The average molecular weight is 381 g/mol. The summed E-state index contributed by atoms with van der Waals surface area (Å²) in [6.45, 7) is 2.85. The number of aromatic nitrogens is 4. The van der Waals surface area contributed by atoms with Crippen molar-refractivity contribution in [3.05, 3.63) is 59.7 Å². The number of likely N-dealkylation sites (tertiary alicyclic amines) is 1. The van der Waals surface area contributed by atoms with Gasteiger partial charge in [-0.2, -0.15) is 0 Å². The molecule has 2 aliphatic rings. The van der Waals surface area contributed by atoms with Crippen LogP contribution in [0.25, 0.3) is 11.3 Å². The molecular formula is C20H20FN5O2. The van der Waals surface area contributed by atoms with Crippen LogP contribution >= 0.6 is 0 Å². The molecule has 5 rings (SSSR count). The summed E-state index contributed by atoms with van der Waals surface area (Å²) in [5, 5.41) is 8.70. The number of pyridine rings is 1. The van der Waals surface area contributed by atoms with Gasteiger partial charge in [0.15, 0.2) is 0 Å². The number of methoxy groups -OCH3 is 1. The van der Waals surface area contributed by atoms with Crippen LogP contribution in [0.5, 0.6) is 5.88 Å². The molecule has 1 fully saturated rings. The topological polar surface area (TPSA) is 65.3 Å². The van der Waals surface area contributed by atoms with Gasteiger partial charge in [-0.05, 0) is 17.7 Å². The first-order valence-corrected chi connectivity index (χ1v) is 9.24. The van der Waals surface area contributed by atoms with Crippen molar-refractivity contribution < 1.29 is 13.9 Å². The van der Waals surface area contributed by atoms with E-state index in [1.807, 2.05) is 29.1 Å². The van der Waals surface area contributed by atoms with Crippen molar-refractivity contribution in [3.63, 3.8) is 0 Å². The minimum absolute atomic E-state index is 0.0702. The Bertz CT molecular complexity index is 991. The summed E-state index contributed by atoms with van der Waals surface area (Å²) in [6, 6.07) is 10.4. The second kappa shape index (κ2) is 6.96. The Morgan fingerprint density at radius 2 is 2.18 bits per heavy atom. The van der Waals surface area contributed by atoms with Gasteiger partial charge in [0.05, 0.1) is 31.6 Å². The first-order valence-electron chi connectivity index (χ1n) is 9.24. The molecule has 2 aromatic heterocycles. The molecule has 0 spiro atoms. The zero-order valence-electron chi connectivity index (χ0n) is 15.5. The molecule has 0 amide bonds. The maximum absolute atomic E-state index is 13.6. The summed E-state index contributed by atoms with van der Waals surface area (Å²) in [4.78, 5) is 6.60. The Kier molecular flexibility index (Phi) is 4.29. The van der Waals surface area contributed by atoms with Gasteiger partial charge >= 0.3 is 0 Å². The molecule has 2 atom stereocenters. The summed E-state index contributed by atoms with van der Waals surface area (Å²) in [6.07, 6.45) is 1.91. The first-order chi connectivity index (χ1) is 13.7.